The van der Waals surface area contributed by atoms with Crippen LogP contribution in [0.15, 0.2) is 22.7 Å². The number of phenols is 1. The molecule has 1 N–H and O–H groups in total. The first-order valence-corrected chi connectivity index (χ1v) is 6.67. The summed E-state index contributed by atoms with van der Waals surface area (Å²) in [7, 11) is 0. The minimum absolute atomic E-state index is 0.135. The number of hydrogen-bond donors (Lipinski definition) is 1. The van der Waals surface area contributed by atoms with Crippen molar-refractivity contribution in [2.75, 3.05) is 13.2 Å². The fraction of sp³-hybridized carbons (Fsp3) is 0.333. The van der Waals surface area contributed by atoms with Gasteiger partial charge in [-0.25, -0.2) is 0 Å². The maximum atomic E-state index is 9.76. The molecule has 96 valence electrons. The lowest BCUT2D eigenvalue weighted by atomic mass is 10.2. The molecule has 0 amide bonds. The van der Waals surface area contributed by atoms with Gasteiger partial charge >= 0.3 is 0 Å². The van der Waals surface area contributed by atoms with Crippen molar-refractivity contribution in [3.05, 3.63) is 27.6 Å². The van der Waals surface area contributed by atoms with E-state index in [-0.39, 0.29) is 5.75 Å². The molecule has 0 fully saturated rings. The third kappa shape index (κ3) is 3.20. The van der Waals surface area contributed by atoms with E-state index in [0.717, 1.165) is 3.57 Å². The molecule has 2 rings (SSSR count). The lowest BCUT2D eigenvalue weighted by molar-refractivity contribution is 0.149. The van der Waals surface area contributed by atoms with Crippen molar-refractivity contribution < 1.29 is 14.4 Å². The van der Waals surface area contributed by atoms with Crippen LogP contribution < -0.4 is 0 Å². The van der Waals surface area contributed by atoms with E-state index in [2.05, 4.69) is 32.7 Å². The summed E-state index contributed by atoms with van der Waals surface area (Å²) in [5.41, 5.74) is 0.553. The molecule has 1 heterocycles. The summed E-state index contributed by atoms with van der Waals surface area (Å²) in [4.78, 5) is 4.23. The van der Waals surface area contributed by atoms with Gasteiger partial charge in [-0.2, -0.15) is 4.98 Å². The first-order chi connectivity index (χ1) is 8.70. The normalized spacial score (nSPS) is 10.8. The van der Waals surface area contributed by atoms with Crippen LogP contribution >= 0.6 is 22.6 Å². The first kappa shape index (κ1) is 13.3. The Bertz CT molecular complexity index is 528. The van der Waals surface area contributed by atoms with E-state index < -0.39 is 0 Å². The number of halogens is 1. The van der Waals surface area contributed by atoms with Gasteiger partial charge in [0.25, 0.3) is 5.89 Å². The van der Waals surface area contributed by atoms with Crippen LogP contribution in [-0.4, -0.2) is 28.5 Å². The number of aromatic hydroxyl groups is 1. The Morgan fingerprint density at radius 2 is 2.28 bits per heavy atom. The van der Waals surface area contributed by atoms with Crippen LogP contribution in [0.2, 0.25) is 0 Å². The van der Waals surface area contributed by atoms with Crippen molar-refractivity contribution in [1.82, 2.24) is 10.1 Å². The number of phenolic OH excluding ortho intramolecular Hbond substituents is 1. The second kappa shape index (κ2) is 6.14. The quantitative estimate of drug-likeness (QED) is 0.656. The van der Waals surface area contributed by atoms with Gasteiger partial charge in [-0.3, -0.25) is 0 Å². The van der Waals surface area contributed by atoms with Gasteiger partial charge in [-0.1, -0.05) is 5.16 Å². The van der Waals surface area contributed by atoms with Crippen molar-refractivity contribution in [1.29, 1.82) is 0 Å². The lowest BCUT2D eigenvalue weighted by Crippen LogP contribution is -1.99. The number of benzene rings is 1. The molecule has 0 bridgehead atoms. The predicted octanol–water partition coefficient (Wildman–Crippen LogP) is 2.63. The van der Waals surface area contributed by atoms with Gasteiger partial charge in [0.05, 0.1) is 12.2 Å². The molecule has 0 saturated heterocycles. The molecule has 1 aromatic heterocycles. The molecule has 0 atom stereocenters. The Kier molecular flexibility index (Phi) is 4.54. The summed E-state index contributed by atoms with van der Waals surface area (Å²) in [6.45, 7) is 3.17. The van der Waals surface area contributed by atoms with Crippen molar-refractivity contribution in [3.8, 4) is 17.2 Å². The Morgan fingerprint density at radius 3 is 3.06 bits per heavy atom. The molecule has 5 nitrogen and oxygen atoms in total. The Hall–Kier alpha value is -1.15. The molecule has 0 aliphatic carbocycles. The minimum Gasteiger partial charge on any atom is -0.507 e. The van der Waals surface area contributed by atoms with Crippen LogP contribution in [0.5, 0.6) is 5.75 Å². The van der Waals surface area contributed by atoms with E-state index in [0.29, 0.717) is 36.9 Å². The molecule has 6 heteroatoms. The standard InChI is InChI=1S/C12H13IN2O3/c1-2-17-6-5-11-14-12(18-15-11)9-7-8(13)3-4-10(9)16/h3-4,7,16H,2,5-6H2,1H3. The fourth-order valence-electron chi connectivity index (χ4n) is 1.45. The van der Waals surface area contributed by atoms with Crippen LogP contribution in [-0.2, 0) is 11.2 Å². The van der Waals surface area contributed by atoms with Crippen molar-refractivity contribution in [2.24, 2.45) is 0 Å². The molecule has 0 aliphatic heterocycles. The van der Waals surface area contributed by atoms with Gasteiger partial charge in [-0.05, 0) is 47.7 Å². The average molecular weight is 360 g/mol. The van der Waals surface area contributed by atoms with E-state index in [1.54, 1.807) is 12.1 Å². The van der Waals surface area contributed by atoms with Gasteiger partial charge in [0.2, 0.25) is 0 Å². The highest BCUT2D eigenvalue weighted by atomic mass is 127. The molecule has 1 aromatic carbocycles. The van der Waals surface area contributed by atoms with Crippen LogP contribution in [0, 0.1) is 3.57 Å². The highest BCUT2D eigenvalue weighted by Gasteiger charge is 2.13. The molecule has 18 heavy (non-hydrogen) atoms. The van der Waals surface area contributed by atoms with E-state index in [1.165, 1.54) is 0 Å². The molecular weight excluding hydrogens is 347 g/mol. The Labute approximate surface area is 118 Å². The molecule has 2 aromatic rings. The molecule has 0 radical (unpaired) electrons. The Balaban J connectivity index is 2.16. The Morgan fingerprint density at radius 1 is 1.44 bits per heavy atom. The first-order valence-electron chi connectivity index (χ1n) is 5.60. The topological polar surface area (TPSA) is 68.4 Å². The van der Waals surface area contributed by atoms with E-state index in [4.69, 9.17) is 9.26 Å². The highest BCUT2D eigenvalue weighted by molar-refractivity contribution is 14.1. The zero-order chi connectivity index (χ0) is 13.0. The van der Waals surface area contributed by atoms with Gasteiger partial charge in [0.15, 0.2) is 5.82 Å². The highest BCUT2D eigenvalue weighted by Crippen LogP contribution is 2.29. The summed E-state index contributed by atoms with van der Waals surface area (Å²) < 4.78 is 11.4. The molecule has 0 saturated carbocycles. The summed E-state index contributed by atoms with van der Waals surface area (Å²) in [5.74, 6) is 1.05. The van der Waals surface area contributed by atoms with Gasteiger partial charge in [-0.15, -0.1) is 0 Å². The zero-order valence-corrected chi connectivity index (χ0v) is 12.0. The van der Waals surface area contributed by atoms with Crippen LogP contribution in [0.3, 0.4) is 0 Å². The summed E-state index contributed by atoms with van der Waals surface area (Å²) in [5, 5.41) is 13.6. The number of ether oxygens (including phenoxy) is 1. The second-order valence-electron chi connectivity index (χ2n) is 3.62. The molecule has 0 aliphatic rings. The molecule has 0 unspecified atom stereocenters. The largest absolute Gasteiger partial charge is 0.507 e. The van der Waals surface area contributed by atoms with Gasteiger partial charge < -0.3 is 14.4 Å². The van der Waals surface area contributed by atoms with Gasteiger partial charge in [0, 0.05) is 16.6 Å². The summed E-state index contributed by atoms with van der Waals surface area (Å²) in [6, 6.07) is 5.22. The van der Waals surface area contributed by atoms with Gasteiger partial charge in [0.1, 0.15) is 5.75 Å². The lowest BCUT2D eigenvalue weighted by Gasteiger charge is -1.99. The van der Waals surface area contributed by atoms with E-state index >= 15 is 0 Å². The third-order valence-electron chi connectivity index (χ3n) is 2.33. The van der Waals surface area contributed by atoms with Crippen LogP contribution in [0.25, 0.3) is 11.5 Å². The van der Waals surface area contributed by atoms with E-state index in [9.17, 15) is 5.11 Å². The molecule has 0 spiro atoms. The smallest absolute Gasteiger partial charge is 0.261 e. The second-order valence-corrected chi connectivity index (χ2v) is 4.87. The number of hydrogen-bond acceptors (Lipinski definition) is 5. The zero-order valence-electron chi connectivity index (χ0n) is 9.89. The van der Waals surface area contributed by atoms with Crippen molar-refractivity contribution in [3.63, 3.8) is 0 Å². The molecular formula is C12H13IN2O3. The van der Waals surface area contributed by atoms with E-state index in [1.807, 2.05) is 13.0 Å². The number of nitrogens with zero attached hydrogens (tertiary/aromatic N) is 2. The van der Waals surface area contributed by atoms with Crippen molar-refractivity contribution in [2.45, 2.75) is 13.3 Å². The summed E-state index contributed by atoms with van der Waals surface area (Å²) >= 11 is 2.16. The number of aromatic nitrogens is 2. The fourth-order valence-corrected chi connectivity index (χ4v) is 1.94. The SMILES string of the molecule is CCOCCc1noc(-c2cc(I)ccc2O)n1. The monoisotopic (exact) mass is 360 g/mol. The van der Waals surface area contributed by atoms with Crippen molar-refractivity contribution >= 4 is 22.6 Å². The predicted molar refractivity (Wildman–Crippen MR) is 74.3 cm³/mol. The number of rotatable bonds is 5. The minimum atomic E-state index is 0.135. The maximum Gasteiger partial charge on any atom is 0.261 e. The van der Waals surface area contributed by atoms with Crippen LogP contribution in [0.1, 0.15) is 12.7 Å². The average Bonchev–Trinajstić information content (AvgIpc) is 2.81. The third-order valence-corrected chi connectivity index (χ3v) is 3.00. The maximum absolute atomic E-state index is 9.76. The van der Waals surface area contributed by atoms with Crippen LogP contribution in [0.4, 0.5) is 0 Å². The summed E-state index contributed by atoms with van der Waals surface area (Å²) in [6.07, 6.45) is 0.599.